The number of thiazole rings is 1. The lowest BCUT2D eigenvalue weighted by atomic mass is 9.96. The van der Waals surface area contributed by atoms with Gasteiger partial charge in [0.1, 0.15) is 17.6 Å². The summed E-state index contributed by atoms with van der Waals surface area (Å²) in [6.45, 7) is 3.56. The summed E-state index contributed by atoms with van der Waals surface area (Å²) in [4.78, 5) is 43.0. The van der Waals surface area contributed by atoms with E-state index in [9.17, 15) is 19.5 Å². The Morgan fingerprint density at radius 1 is 1.15 bits per heavy atom. The van der Waals surface area contributed by atoms with Crippen molar-refractivity contribution in [3.05, 3.63) is 112 Å². The molecular formula is C28H19Cl2N2O6S-. The van der Waals surface area contributed by atoms with Gasteiger partial charge < -0.3 is 19.1 Å². The van der Waals surface area contributed by atoms with E-state index >= 15 is 0 Å². The standard InChI is InChI=1S/C28H20Cl2N2O6S/c1-3-37-27(36)23-14(2)31-28-32(24(23)17-6-4-5-7-19(17)29)25(33)22(39-28)13-16-9-11-21(38-16)15-8-10-20(30)18(12-15)26(34)35/h4-13,24H,3H2,1-2H3,(H,34,35)/p-1/b22-13-/t24-/m0/s1. The Kier molecular flexibility index (Phi) is 7.31. The number of benzene rings is 2. The van der Waals surface area contributed by atoms with Crippen LogP contribution < -0.4 is 20.0 Å². The van der Waals surface area contributed by atoms with E-state index in [1.807, 2.05) is 0 Å². The quantitative estimate of drug-likeness (QED) is 0.320. The van der Waals surface area contributed by atoms with Crippen LogP contribution in [-0.2, 0) is 9.53 Å². The van der Waals surface area contributed by atoms with Gasteiger partial charge in [-0.05, 0) is 55.8 Å². The highest BCUT2D eigenvalue weighted by Gasteiger charge is 2.34. The van der Waals surface area contributed by atoms with Gasteiger partial charge in [-0.25, -0.2) is 9.79 Å². The maximum atomic E-state index is 13.7. The molecule has 8 nitrogen and oxygen atoms in total. The number of allylic oxidation sites excluding steroid dienone is 1. The normalized spacial score (nSPS) is 15.2. The molecule has 0 spiro atoms. The zero-order valence-electron chi connectivity index (χ0n) is 20.6. The molecule has 0 amide bonds. The van der Waals surface area contributed by atoms with Crippen molar-refractivity contribution in [3.63, 3.8) is 0 Å². The van der Waals surface area contributed by atoms with Gasteiger partial charge >= 0.3 is 5.97 Å². The maximum Gasteiger partial charge on any atom is 0.338 e. The van der Waals surface area contributed by atoms with Crippen LogP contribution in [0.4, 0.5) is 0 Å². The second-order valence-corrected chi connectivity index (χ2v) is 10.3. The molecule has 5 rings (SSSR count). The average Bonchev–Trinajstić information content (AvgIpc) is 3.48. The van der Waals surface area contributed by atoms with Crippen LogP contribution in [-0.4, -0.2) is 23.1 Å². The van der Waals surface area contributed by atoms with Crippen molar-refractivity contribution in [3.8, 4) is 11.3 Å². The van der Waals surface area contributed by atoms with Gasteiger partial charge in [0.15, 0.2) is 4.80 Å². The van der Waals surface area contributed by atoms with Crippen molar-refractivity contribution in [1.29, 1.82) is 0 Å². The van der Waals surface area contributed by atoms with Crippen molar-refractivity contribution >= 4 is 52.6 Å². The summed E-state index contributed by atoms with van der Waals surface area (Å²) in [6, 6.07) is 13.9. The number of hydrogen-bond donors (Lipinski definition) is 0. The Bertz CT molecular complexity index is 1850. The molecular weight excluding hydrogens is 563 g/mol. The lowest BCUT2D eigenvalue weighted by molar-refractivity contribution is -0.255. The second kappa shape index (κ2) is 10.7. The number of halogens is 2. The predicted molar refractivity (Wildman–Crippen MR) is 145 cm³/mol. The molecule has 198 valence electrons. The van der Waals surface area contributed by atoms with Crippen molar-refractivity contribution in [2.24, 2.45) is 4.99 Å². The number of hydrogen-bond acceptors (Lipinski definition) is 8. The minimum Gasteiger partial charge on any atom is -0.545 e. The van der Waals surface area contributed by atoms with Gasteiger partial charge in [0.05, 0.1) is 28.4 Å². The summed E-state index contributed by atoms with van der Waals surface area (Å²) in [6.07, 6.45) is 1.57. The van der Waals surface area contributed by atoms with Gasteiger partial charge in [0.25, 0.3) is 5.56 Å². The van der Waals surface area contributed by atoms with Crippen LogP contribution >= 0.6 is 34.5 Å². The van der Waals surface area contributed by atoms with E-state index in [1.54, 1.807) is 62.4 Å². The molecule has 3 heterocycles. The Morgan fingerprint density at radius 3 is 2.64 bits per heavy atom. The highest BCUT2D eigenvalue weighted by Crippen LogP contribution is 2.34. The van der Waals surface area contributed by atoms with Crippen molar-refractivity contribution in [2.75, 3.05) is 6.61 Å². The number of aromatic nitrogens is 1. The van der Waals surface area contributed by atoms with E-state index in [4.69, 9.17) is 32.4 Å². The van der Waals surface area contributed by atoms with Crippen LogP contribution in [0.5, 0.6) is 0 Å². The van der Waals surface area contributed by atoms with E-state index < -0.39 is 18.0 Å². The van der Waals surface area contributed by atoms with Gasteiger partial charge in [0.2, 0.25) is 0 Å². The van der Waals surface area contributed by atoms with Gasteiger partial charge in [0, 0.05) is 27.2 Å². The molecule has 0 radical (unpaired) electrons. The molecule has 11 heteroatoms. The number of nitrogens with zero attached hydrogens (tertiary/aromatic N) is 2. The van der Waals surface area contributed by atoms with E-state index in [0.717, 1.165) is 11.3 Å². The monoisotopic (exact) mass is 581 g/mol. The van der Waals surface area contributed by atoms with Crippen LogP contribution in [0.1, 0.15) is 41.6 Å². The Labute approximate surface area is 235 Å². The van der Waals surface area contributed by atoms with Gasteiger partial charge in [-0.3, -0.25) is 9.36 Å². The van der Waals surface area contributed by atoms with Crippen LogP contribution in [0.25, 0.3) is 17.4 Å². The Morgan fingerprint density at radius 2 is 1.92 bits per heavy atom. The Balaban J connectivity index is 1.63. The highest BCUT2D eigenvalue weighted by molar-refractivity contribution is 7.07. The first-order valence-corrected chi connectivity index (χ1v) is 13.3. The largest absolute Gasteiger partial charge is 0.545 e. The molecule has 0 saturated carbocycles. The molecule has 0 saturated heterocycles. The SMILES string of the molecule is CCOC(=O)C1=C(C)N=c2s/c(=C\c3ccc(-c4ccc(Cl)c(C(=O)[O-])c4)o3)c(=O)n2[C@H]1c1ccccc1Cl. The van der Waals surface area contributed by atoms with Gasteiger partial charge in [-0.2, -0.15) is 0 Å². The third kappa shape index (κ3) is 4.96. The fourth-order valence-corrected chi connectivity index (χ4v) is 5.79. The van der Waals surface area contributed by atoms with Crippen LogP contribution in [0, 0.1) is 0 Å². The van der Waals surface area contributed by atoms with E-state index in [1.165, 1.54) is 16.7 Å². The summed E-state index contributed by atoms with van der Waals surface area (Å²) in [5, 5.41) is 11.8. The zero-order chi connectivity index (χ0) is 27.8. The first kappa shape index (κ1) is 26.7. The minimum absolute atomic E-state index is 0.0530. The van der Waals surface area contributed by atoms with Gasteiger partial charge in [-0.1, -0.05) is 52.7 Å². The zero-order valence-corrected chi connectivity index (χ0v) is 22.9. The van der Waals surface area contributed by atoms with Gasteiger partial charge in [-0.15, -0.1) is 0 Å². The summed E-state index contributed by atoms with van der Waals surface area (Å²) >= 11 is 13.6. The van der Waals surface area contributed by atoms with Crippen LogP contribution in [0.2, 0.25) is 10.0 Å². The molecule has 39 heavy (non-hydrogen) atoms. The van der Waals surface area contributed by atoms with Crippen molar-refractivity contribution < 1.29 is 23.8 Å². The molecule has 0 N–H and O–H groups in total. The minimum atomic E-state index is -1.40. The molecule has 0 fully saturated rings. The topological polar surface area (TPSA) is 114 Å². The molecule has 2 aromatic carbocycles. The lowest BCUT2D eigenvalue weighted by Gasteiger charge is -2.25. The number of ether oxygens (including phenoxy) is 1. The third-order valence-electron chi connectivity index (χ3n) is 6.09. The van der Waals surface area contributed by atoms with Crippen molar-refractivity contribution in [2.45, 2.75) is 19.9 Å². The fraction of sp³-hybridized carbons (Fsp3) is 0.143. The number of carboxylic acid groups (broad SMARTS) is 1. The molecule has 4 aromatic rings. The lowest BCUT2D eigenvalue weighted by Crippen LogP contribution is -2.40. The predicted octanol–water partition coefficient (Wildman–Crippen LogP) is 3.73. The summed E-state index contributed by atoms with van der Waals surface area (Å²) in [5.41, 5.74) is 1.16. The van der Waals surface area contributed by atoms with E-state index in [2.05, 4.69) is 4.99 Å². The smallest absolute Gasteiger partial charge is 0.338 e. The average molecular weight is 582 g/mol. The number of rotatable bonds is 6. The second-order valence-electron chi connectivity index (χ2n) is 8.51. The molecule has 1 atom stereocenters. The number of esters is 1. The summed E-state index contributed by atoms with van der Waals surface area (Å²) in [5.74, 6) is -1.24. The number of furan rings is 1. The first-order valence-electron chi connectivity index (χ1n) is 11.7. The maximum absolute atomic E-state index is 13.7. The number of carboxylic acids is 1. The molecule has 1 aliphatic heterocycles. The number of aromatic carboxylic acids is 1. The first-order chi connectivity index (χ1) is 18.7. The highest BCUT2D eigenvalue weighted by atomic mass is 35.5. The number of carbonyl (C=O) groups is 2. The Hall–Kier alpha value is -3.92. The molecule has 0 bridgehead atoms. The molecule has 0 unspecified atom stereocenters. The number of fused-ring (bicyclic) bond motifs is 1. The van der Waals surface area contributed by atoms with Crippen molar-refractivity contribution in [1.82, 2.24) is 4.57 Å². The summed E-state index contributed by atoms with van der Waals surface area (Å²) in [7, 11) is 0. The van der Waals surface area contributed by atoms with E-state index in [-0.39, 0.29) is 28.3 Å². The van der Waals surface area contributed by atoms with E-state index in [0.29, 0.717) is 42.7 Å². The third-order valence-corrected chi connectivity index (χ3v) is 7.74. The van der Waals surface area contributed by atoms with Crippen LogP contribution in [0.15, 0.2) is 80.1 Å². The molecule has 0 aliphatic carbocycles. The summed E-state index contributed by atoms with van der Waals surface area (Å²) < 4.78 is 12.9. The fourth-order valence-electron chi connectivity index (χ4n) is 4.33. The number of carbonyl (C=O) groups excluding carboxylic acids is 2. The molecule has 1 aliphatic rings. The van der Waals surface area contributed by atoms with Crippen LogP contribution in [0.3, 0.4) is 0 Å². The molecule has 2 aromatic heterocycles.